The van der Waals surface area contributed by atoms with Gasteiger partial charge in [0.1, 0.15) is 6.04 Å². The van der Waals surface area contributed by atoms with Crippen molar-refractivity contribution in [2.24, 2.45) is 5.92 Å². The molecule has 0 aromatic heterocycles. The Kier molecular flexibility index (Phi) is 3.99. The molecule has 5 heteroatoms. The Balaban J connectivity index is 2.02. The van der Waals surface area contributed by atoms with Crippen LogP contribution in [0.3, 0.4) is 0 Å². The van der Waals surface area contributed by atoms with Crippen molar-refractivity contribution < 1.29 is 14.7 Å². The molecule has 2 atom stereocenters. The summed E-state index contributed by atoms with van der Waals surface area (Å²) < 4.78 is 0. The van der Waals surface area contributed by atoms with Crippen molar-refractivity contribution in [1.82, 2.24) is 10.2 Å². The normalized spacial score (nSPS) is 30.0. The van der Waals surface area contributed by atoms with Crippen LogP contribution in [0.5, 0.6) is 0 Å². The van der Waals surface area contributed by atoms with Crippen molar-refractivity contribution >= 4 is 11.9 Å². The fourth-order valence-corrected chi connectivity index (χ4v) is 2.75. The molecule has 0 radical (unpaired) electrons. The molecule has 2 fully saturated rings. The number of aliphatic carboxylic acids is 1. The molecule has 2 aliphatic heterocycles. The Morgan fingerprint density at radius 3 is 2.65 bits per heavy atom. The van der Waals surface area contributed by atoms with Gasteiger partial charge in [-0.05, 0) is 38.6 Å². The molecule has 2 rings (SSSR count). The van der Waals surface area contributed by atoms with Crippen molar-refractivity contribution in [2.45, 2.75) is 38.1 Å². The zero-order valence-corrected chi connectivity index (χ0v) is 10.0. The predicted octanol–water partition coefficient (Wildman–Crippen LogP) is 0.452. The second-order valence-corrected chi connectivity index (χ2v) is 4.92. The zero-order valence-electron chi connectivity index (χ0n) is 10.0. The number of carboxylic acid groups (broad SMARTS) is 1. The molecule has 0 aromatic carbocycles. The first-order valence-electron chi connectivity index (χ1n) is 6.44. The Labute approximate surface area is 101 Å². The number of nitrogens with one attached hydrogen (secondary N) is 1. The Morgan fingerprint density at radius 1 is 1.18 bits per heavy atom. The van der Waals surface area contributed by atoms with Gasteiger partial charge in [-0.25, -0.2) is 4.79 Å². The monoisotopic (exact) mass is 240 g/mol. The SMILES string of the molecule is O=C(O)[C@@H]1CCCCN1C(=O)C1CCCNC1. The number of likely N-dealkylation sites (tertiary alicyclic amines) is 1. The molecule has 5 nitrogen and oxygen atoms in total. The molecule has 2 saturated heterocycles. The van der Waals surface area contributed by atoms with E-state index in [1.807, 2.05) is 0 Å². The van der Waals surface area contributed by atoms with Crippen LogP contribution in [-0.2, 0) is 9.59 Å². The van der Waals surface area contributed by atoms with E-state index >= 15 is 0 Å². The highest BCUT2D eigenvalue weighted by Gasteiger charge is 2.35. The van der Waals surface area contributed by atoms with Crippen LogP contribution >= 0.6 is 0 Å². The molecule has 1 unspecified atom stereocenters. The van der Waals surface area contributed by atoms with Crippen LogP contribution in [0.15, 0.2) is 0 Å². The van der Waals surface area contributed by atoms with Gasteiger partial charge in [-0.3, -0.25) is 4.79 Å². The lowest BCUT2D eigenvalue weighted by atomic mass is 9.94. The third-order valence-corrected chi connectivity index (χ3v) is 3.72. The summed E-state index contributed by atoms with van der Waals surface area (Å²) in [7, 11) is 0. The van der Waals surface area contributed by atoms with Crippen LogP contribution in [0, 0.1) is 5.92 Å². The average molecular weight is 240 g/mol. The van der Waals surface area contributed by atoms with Crippen LogP contribution in [0.25, 0.3) is 0 Å². The van der Waals surface area contributed by atoms with Crippen molar-refractivity contribution in [1.29, 1.82) is 0 Å². The van der Waals surface area contributed by atoms with E-state index in [4.69, 9.17) is 5.11 Å². The minimum atomic E-state index is -0.859. The van der Waals surface area contributed by atoms with E-state index in [2.05, 4.69) is 5.32 Å². The maximum atomic E-state index is 12.3. The Bertz CT molecular complexity index is 300. The highest BCUT2D eigenvalue weighted by Crippen LogP contribution is 2.22. The number of hydrogen-bond donors (Lipinski definition) is 2. The number of amides is 1. The lowest BCUT2D eigenvalue weighted by molar-refractivity contribution is -0.154. The van der Waals surface area contributed by atoms with Gasteiger partial charge in [0.25, 0.3) is 0 Å². The molecular weight excluding hydrogens is 220 g/mol. The van der Waals surface area contributed by atoms with E-state index in [0.717, 1.165) is 32.2 Å². The first-order valence-corrected chi connectivity index (χ1v) is 6.44. The van der Waals surface area contributed by atoms with Crippen LogP contribution in [0.2, 0.25) is 0 Å². The number of carboxylic acids is 1. The lowest BCUT2D eigenvalue weighted by Crippen LogP contribution is -2.52. The van der Waals surface area contributed by atoms with Crippen LogP contribution in [-0.4, -0.2) is 47.6 Å². The Hall–Kier alpha value is -1.10. The summed E-state index contributed by atoms with van der Waals surface area (Å²) in [5.74, 6) is -0.852. The molecule has 0 bridgehead atoms. The largest absolute Gasteiger partial charge is 0.480 e. The Morgan fingerprint density at radius 2 is 2.00 bits per heavy atom. The van der Waals surface area contributed by atoms with Gasteiger partial charge in [0.05, 0.1) is 5.92 Å². The summed E-state index contributed by atoms with van der Waals surface area (Å²) in [4.78, 5) is 25.0. The molecular formula is C12H20N2O3. The summed E-state index contributed by atoms with van der Waals surface area (Å²) in [5, 5.41) is 12.4. The molecule has 2 aliphatic rings. The smallest absolute Gasteiger partial charge is 0.326 e. The fourth-order valence-electron chi connectivity index (χ4n) is 2.75. The number of nitrogens with zero attached hydrogens (tertiary/aromatic N) is 1. The molecule has 0 saturated carbocycles. The number of hydrogen-bond acceptors (Lipinski definition) is 3. The summed E-state index contributed by atoms with van der Waals surface area (Å²) >= 11 is 0. The van der Waals surface area contributed by atoms with Gasteiger partial charge in [0.15, 0.2) is 0 Å². The van der Waals surface area contributed by atoms with Gasteiger partial charge < -0.3 is 15.3 Å². The molecule has 2 N–H and O–H groups in total. The molecule has 96 valence electrons. The molecule has 0 aromatic rings. The quantitative estimate of drug-likeness (QED) is 0.735. The fraction of sp³-hybridized carbons (Fsp3) is 0.833. The molecule has 1 amide bonds. The van der Waals surface area contributed by atoms with Gasteiger partial charge in [-0.15, -0.1) is 0 Å². The number of carbonyl (C=O) groups excluding carboxylic acids is 1. The first-order chi connectivity index (χ1) is 8.20. The van der Waals surface area contributed by atoms with Gasteiger partial charge in [-0.1, -0.05) is 0 Å². The second kappa shape index (κ2) is 5.49. The summed E-state index contributed by atoms with van der Waals surface area (Å²) in [6.07, 6.45) is 4.32. The van der Waals surface area contributed by atoms with E-state index in [-0.39, 0.29) is 11.8 Å². The van der Waals surface area contributed by atoms with Crippen LogP contribution < -0.4 is 5.32 Å². The van der Waals surface area contributed by atoms with Gasteiger partial charge >= 0.3 is 5.97 Å². The summed E-state index contributed by atoms with van der Waals surface area (Å²) in [6.45, 7) is 2.26. The van der Waals surface area contributed by atoms with Crippen molar-refractivity contribution in [3.8, 4) is 0 Å². The first kappa shape index (κ1) is 12.4. The topological polar surface area (TPSA) is 69.6 Å². The van der Waals surface area contributed by atoms with E-state index in [9.17, 15) is 9.59 Å². The highest BCUT2D eigenvalue weighted by atomic mass is 16.4. The maximum absolute atomic E-state index is 12.3. The van der Waals surface area contributed by atoms with Crippen molar-refractivity contribution in [2.75, 3.05) is 19.6 Å². The van der Waals surface area contributed by atoms with Crippen molar-refractivity contribution in [3.05, 3.63) is 0 Å². The summed E-state index contributed by atoms with van der Waals surface area (Å²) in [6, 6.07) is -0.599. The minimum Gasteiger partial charge on any atom is -0.480 e. The van der Waals surface area contributed by atoms with E-state index in [0.29, 0.717) is 19.5 Å². The second-order valence-electron chi connectivity index (χ2n) is 4.92. The number of carbonyl (C=O) groups is 2. The molecule has 0 spiro atoms. The average Bonchev–Trinajstić information content (AvgIpc) is 2.39. The molecule has 2 heterocycles. The summed E-state index contributed by atoms with van der Waals surface area (Å²) in [5.41, 5.74) is 0. The highest BCUT2D eigenvalue weighted by molar-refractivity contribution is 5.85. The van der Waals surface area contributed by atoms with Gasteiger partial charge in [-0.2, -0.15) is 0 Å². The molecule has 0 aliphatic carbocycles. The third kappa shape index (κ3) is 2.77. The predicted molar refractivity (Wildman–Crippen MR) is 62.6 cm³/mol. The van der Waals surface area contributed by atoms with E-state index in [1.54, 1.807) is 4.90 Å². The zero-order chi connectivity index (χ0) is 12.3. The van der Waals surface area contributed by atoms with Crippen LogP contribution in [0.1, 0.15) is 32.1 Å². The lowest BCUT2D eigenvalue weighted by Gasteiger charge is -2.36. The van der Waals surface area contributed by atoms with E-state index in [1.165, 1.54) is 0 Å². The van der Waals surface area contributed by atoms with E-state index < -0.39 is 12.0 Å². The van der Waals surface area contributed by atoms with Gasteiger partial charge in [0, 0.05) is 13.1 Å². The minimum absolute atomic E-state index is 0.0244. The van der Waals surface area contributed by atoms with Gasteiger partial charge in [0.2, 0.25) is 5.91 Å². The maximum Gasteiger partial charge on any atom is 0.326 e. The van der Waals surface area contributed by atoms with Crippen LogP contribution in [0.4, 0.5) is 0 Å². The molecule has 17 heavy (non-hydrogen) atoms. The van der Waals surface area contributed by atoms with Crippen molar-refractivity contribution in [3.63, 3.8) is 0 Å². The third-order valence-electron chi connectivity index (χ3n) is 3.72. The standard InChI is InChI=1S/C12H20N2O3/c15-11(9-4-3-6-13-8-9)14-7-2-1-5-10(14)12(16)17/h9-10,13H,1-8H2,(H,16,17)/t9?,10-/m0/s1. The number of piperidine rings is 2. The number of rotatable bonds is 2.